The molecule has 3 aromatic rings. The molecule has 1 aromatic heterocycles. The van der Waals surface area contributed by atoms with Gasteiger partial charge >= 0.3 is 0 Å². The monoisotopic (exact) mass is 323 g/mol. The Morgan fingerprint density at radius 3 is 2.61 bits per heavy atom. The van der Waals surface area contributed by atoms with Gasteiger partial charge in [-0.2, -0.15) is 4.73 Å². The molecule has 3 nitrogen and oxygen atoms in total. The van der Waals surface area contributed by atoms with Crippen molar-refractivity contribution in [2.75, 3.05) is 0 Å². The fourth-order valence-electron chi connectivity index (χ4n) is 2.02. The summed E-state index contributed by atoms with van der Waals surface area (Å²) in [5, 5.41) is 11.5. The summed E-state index contributed by atoms with van der Waals surface area (Å²) < 4.78 is 1.80. The third kappa shape index (κ3) is 1.61. The third-order valence-electron chi connectivity index (χ3n) is 2.86. The summed E-state index contributed by atoms with van der Waals surface area (Å²) in [5.74, 6) is 0. The Balaban J connectivity index is 2.65. The minimum Gasteiger partial charge on any atom is -0.428 e. The van der Waals surface area contributed by atoms with Crippen LogP contribution >= 0.6 is 27.5 Å². The molecule has 5 heteroatoms. The summed E-state index contributed by atoms with van der Waals surface area (Å²) in [6.45, 7) is 0. The van der Waals surface area contributed by atoms with Crippen LogP contribution in [0.1, 0.15) is 0 Å². The molecule has 1 N–H and O–H groups in total. The standard InChI is InChI=1S/C13H7BrClNO2/c14-7-1-3-9-12(5-7)16(18)11-4-2-8(15)6-10(11)13(9)17/h1-6,18H. The molecule has 0 aliphatic rings. The Kier molecular flexibility index (Phi) is 2.57. The highest BCUT2D eigenvalue weighted by Gasteiger charge is 2.10. The molecule has 90 valence electrons. The minimum atomic E-state index is -0.139. The fourth-order valence-corrected chi connectivity index (χ4v) is 2.54. The molecule has 0 aliphatic heterocycles. The number of fused-ring (bicyclic) bond motifs is 2. The first kappa shape index (κ1) is 11.6. The second-order valence-corrected chi connectivity index (χ2v) is 5.32. The van der Waals surface area contributed by atoms with Gasteiger partial charge in [-0.05, 0) is 36.4 Å². The van der Waals surface area contributed by atoms with E-state index in [0.29, 0.717) is 26.8 Å². The van der Waals surface area contributed by atoms with Crippen molar-refractivity contribution in [3.8, 4) is 0 Å². The average Bonchev–Trinajstić information content (AvgIpc) is 2.36. The summed E-state index contributed by atoms with van der Waals surface area (Å²) in [6.07, 6.45) is 0. The van der Waals surface area contributed by atoms with Crippen LogP contribution in [0.4, 0.5) is 0 Å². The Morgan fingerprint density at radius 1 is 1.06 bits per heavy atom. The van der Waals surface area contributed by atoms with E-state index in [0.717, 1.165) is 9.20 Å². The van der Waals surface area contributed by atoms with E-state index in [1.807, 2.05) is 0 Å². The minimum absolute atomic E-state index is 0.139. The van der Waals surface area contributed by atoms with Crippen LogP contribution in [-0.4, -0.2) is 9.94 Å². The van der Waals surface area contributed by atoms with Gasteiger partial charge < -0.3 is 5.21 Å². The molecule has 1 heterocycles. The van der Waals surface area contributed by atoms with Gasteiger partial charge in [0.15, 0.2) is 5.43 Å². The van der Waals surface area contributed by atoms with Crippen molar-refractivity contribution in [1.29, 1.82) is 0 Å². The quantitative estimate of drug-likeness (QED) is 0.505. The summed E-state index contributed by atoms with van der Waals surface area (Å²) in [6, 6.07) is 9.96. The summed E-state index contributed by atoms with van der Waals surface area (Å²) in [7, 11) is 0. The number of hydrogen-bond donors (Lipinski definition) is 1. The second-order valence-electron chi connectivity index (χ2n) is 3.96. The van der Waals surface area contributed by atoms with Crippen molar-refractivity contribution in [2.45, 2.75) is 0 Å². The number of pyridine rings is 1. The van der Waals surface area contributed by atoms with Crippen LogP contribution in [0.3, 0.4) is 0 Å². The predicted molar refractivity (Wildman–Crippen MR) is 75.6 cm³/mol. The van der Waals surface area contributed by atoms with E-state index < -0.39 is 0 Å². The zero-order valence-electron chi connectivity index (χ0n) is 9.02. The van der Waals surface area contributed by atoms with Crippen molar-refractivity contribution in [1.82, 2.24) is 4.73 Å². The Morgan fingerprint density at radius 2 is 1.83 bits per heavy atom. The lowest BCUT2D eigenvalue weighted by Crippen LogP contribution is -2.09. The van der Waals surface area contributed by atoms with Gasteiger partial charge in [0.2, 0.25) is 0 Å². The topological polar surface area (TPSA) is 42.2 Å². The number of benzene rings is 2. The highest BCUT2D eigenvalue weighted by molar-refractivity contribution is 9.10. The average molecular weight is 325 g/mol. The molecule has 0 amide bonds. The number of rotatable bonds is 0. The highest BCUT2D eigenvalue weighted by Crippen LogP contribution is 2.23. The van der Waals surface area contributed by atoms with Crippen molar-refractivity contribution in [2.24, 2.45) is 0 Å². The van der Waals surface area contributed by atoms with Gasteiger partial charge in [-0.1, -0.05) is 27.5 Å². The van der Waals surface area contributed by atoms with Gasteiger partial charge in [-0.3, -0.25) is 4.79 Å². The first-order chi connectivity index (χ1) is 8.58. The summed E-state index contributed by atoms with van der Waals surface area (Å²) >= 11 is 9.20. The van der Waals surface area contributed by atoms with Crippen LogP contribution in [0.25, 0.3) is 21.8 Å². The fraction of sp³-hybridized carbons (Fsp3) is 0. The molecule has 18 heavy (non-hydrogen) atoms. The maximum Gasteiger partial charge on any atom is 0.197 e. The molecule has 0 radical (unpaired) electrons. The molecule has 3 rings (SSSR count). The number of nitrogens with zero attached hydrogens (tertiary/aromatic N) is 1. The zero-order valence-corrected chi connectivity index (χ0v) is 11.4. The zero-order chi connectivity index (χ0) is 12.9. The van der Waals surface area contributed by atoms with E-state index >= 15 is 0 Å². The molecule has 0 spiro atoms. The molecule has 0 fully saturated rings. The Bertz CT molecular complexity index is 842. The van der Waals surface area contributed by atoms with Crippen LogP contribution in [0.5, 0.6) is 0 Å². The first-order valence-electron chi connectivity index (χ1n) is 5.21. The van der Waals surface area contributed by atoms with Gasteiger partial charge in [-0.25, -0.2) is 0 Å². The van der Waals surface area contributed by atoms with Gasteiger partial charge in [0.1, 0.15) is 0 Å². The normalized spacial score (nSPS) is 11.2. The lowest BCUT2D eigenvalue weighted by atomic mass is 10.1. The van der Waals surface area contributed by atoms with Crippen molar-refractivity contribution >= 4 is 49.3 Å². The van der Waals surface area contributed by atoms with Crippen LogP contribution in [0.15, 0.2) is 45.7 Å². The summed E-state index contributed by atoms with van der Waals surface area (Å²) in [4.78, 5) is 12.3. The van der Waals surface area contributed by atoms with Crippen LogP contribution in [-0.2, 0) is 0 Å². The van der Waals surface area contributed by atoms with E-state index in [4.69, 9.17) is 11.6 Å². The number of hydrogen-bond acceptors (Lipinski definition) is 2. The Labute approximate surface area is 115 Å². The van der Waals surface area contributed by atoms with Crippen LogP contribution in [0.2, 0.25) is 5.02 Å². The lowest BCUT2D eigenvalue weighted by Gasteiger charge is -2.09. The maximum absolute atomic E-state index is 12.3. The largest absolute Gasteiger partial charge is 0.428 e. The van der Waals surface area contributed by atoms with Gasteiger partial charge in [0.25, 0.3) is 0 Å². The van der Waals surface area contributed by atoms with E-state index in [-0.39, 0.29) is 5.43 Å². The molecule has 0 atom stereocenters. The first-order valence-corrected chi connectivity index (χ1v) is 6.38. The van der Waals surface area contributed by atoms with Gasteiger partial charge in [-0.15, -0.1) is 0 Å². The predicted octanol–water partition coefficient (Wildman–Crippen LogP) is 3.81. The molecule has 0 saturated heterocycles. The molecular weight excluding hydrogens is 318 g/mol. The number of aromatic nitrogens is 1. The number of halogens is 2. The smallest absolute Gasteiger partial charge is 0.197 e. The van der Waals surface area contributed by atoms with Crippen molar-refractivity contribution < 1.29 is 5.21 Å². The van der Waals surface area contributed by atoms with Crippen molar-refractivity contribution in [3.63, 3.8) is 0 Å². The summed E-state index contributed by atoms with van der Waals surface area (Å²) in [5.41, 5.74) is 0.763. The molecule has 0 aliphatic carbocycles. The molecule has 0 unspecified atom stereocenters. The van der Waals surface area contributed by atoms with E-state index in [1.165, 1.54) is 0 Å². The van der Waals surface area contributed by atoms with E-state index in [1.54, 1.807) is 36.4 Å². The van der Waals surface area contributed by atoms with Gasteiger partial charge in [0.05, 0.1) is 16.4 Å². The van der Waals surface area contributed by atoms with Gasteiger partial charge in [0, 0.05) is 14.9 Å². The second kappa shape index (κ2) is 4.00. The van der Waals surface area contributed by atoms with Crippen LogP contribution in [0, 0.1) is 0 Å². The van der Waals surface area contributed by atoms with Crippen molar-refractivity contribution in [3.05, 3.63) is 56.1 Å². The Hall–Kier alpha value is -1.52. The van der Waals surface area contributed by atoms with E-state index in [2.05, 4.69) is 15.9 Å². The van der Waals surface area contributed by atoms with E-state index in [9.17, 15) is 10.0 Å². The molecule has 2 aromatic carbocycles. The van der Waals surface area contributed by atoms with Crippen LogP contribution < -0.4 is 5.43 Å². The SMILES string of the molecule is O=c1c2cc(Cl)ccc2n(O)c2cc(Br)ccc12. The molecular formula is C13H7BrClNO2. The maximum atomic E-state index is 12.3. The molecule has 0 saturated carbocycles. The highest BCUT2D eigenvalue weighted by atomic mass is 79.9. The third-order valence-corrected chi connectivity index (χ3v) is 3.59. The lowest BCUT2D eigenvalue weighted by molar-refractivity contribution is 0.211. The molecule has 0 bridgehead atoms.